The molecular formula is C40H50N4O6. The molecule has 2 atom stereocenters. The molecule has 1 saturated heterocycles. The molecule has 3 aliphatic heterocycles. The minimum absolute atomic E-state index is 0.0490. The number of methoxy groups -OCH3 is 1. The number of carbonyl (C=O) groups is 1. The molecular weight excluding hydrogens is 632 g/mol. The van der Waals surface area contributed by atoms with Gasteiger partial charge in [0, 0.05) is 42.4 Å². The third-order valence-corrected chi connectivity index (χ3v) is 9.31. The van der Waals surface area contributed by atoms with Gasteiger partial charge in [-0.25, -0.2) is 9.78 Å². The van der Waals surface area contributed by atoms with Gasteiger partial charge < -0.3 is 28.6 Å². The molecule has 0 radical (unpaired) electrons. The van der Waals surface area contributed by atoms with E-state index in [4.69, 9.17) is 33.8 Å². The fourth-order valence-electron chi connectivity index (χ4n) is 6.68. The molecule has 3 aliphatic rings. The Morgan fingerprint density at radius 3 is 2.56 bits per heavy atom. The lowest BCUT2D eigenvalue weighted by Crippen LogP contribution is -2.45. The van der Waals surface area contributed by atoms with E-state index in [0.29, 0.717) is 36.6 Å². The van der Waals surface area contributed by atoms with Crippen LogP contribution in [0.25, 0.3) is 28.0 Å². The average Bonchev–Trinajstić information content (AvgIpc) is 3.50. The van der Waals surface area contributed by atoms with Crippen LogP contribution in [0.1, 0.15) is 78.2 Å². The molecule has 0 unspecified atom stereocenters. The van der Waals surface area contributed by atoms with Crippen molar-refractivity contribution in [2.45, 2.75) is 91.1 Å². The maximum absolute atomic E-state index is 13.6. The van der Waals surface area contributed by atoms with Gasteiger partial charge in [0.1, 0.15) is 17.3 Å². The lowest BCUT2D eigenvalue weighted by molar-refractivity contribution is -0.166. The van der Waals surface area contributed by atoms with Crippen molar-refractivity contribution in [2.75, 3.05) is 38.3 Å². The summed E-state index contributed by atoms with van der Waals surface area (Å²) in [4.78, 5) is 21.0. The van der Waals surface area contributed by atoms with Crippen LogP contribution in [0.2, 0.25) is 0 Å². The molecule has 1 fully saturated rings. The number of benzene rings is 2. The Hall–Kier alpha value is -4.41. The van der Waals surface area contributed by atoms with Gasteiger partial charge in [-0.15, -0.1) is 0 Å². The summed E-state index contributed by atoms with van der Waals surface area (Å²) in [5, 5.41) is 5.19. The third-order valence-electron chi connectivity index (χ3n) is 9.31. The highest BCUT2D eigenvalue weighted by molar-refractivity contribution is 5.81. The monoisotopic (exact) mass is 682 g/mol. The summed E-state index contributed by atoms with van der Waals surface area (Å²) in [5.41, 5.74) is 4.67. The van der Waals surface area contributed by atoms with Crippen LogP contribution >= 0.6 is 0 Å². The molecule has 4 aromatic rings. The van der Waals surface area contributed by atoms with E-state index in [9.17, 15) is 4.79 Å². The van der Waals surface area contributed by atoms with Gasteiger partial charge in [0.05, 0.1) is 48.9 Å². The summed E-state index contributed by atoms with van der Waals surface area (Å²) in [6.07, 6.45) is 5.51. The van der Waals surface area contributed by atoms with E-state index in [1.54, 1.807) is 14.0 Å². The van der Waals surface area contributed by atoms with Crippen molar-refractivity contribution in [1.82, 2.24) is 14.6 Å². The number of piperidine rings is 1. The van der Waals surface area contributed by atoms with Crippen LogP contribution in [0, 0.1) is 6.92 Å². The number of ether oxygens (including phenoxy) is 5. The summed E-state index contributed by atoms with van der Waals surface area (Å²) in [7, 11) is 1.67. The van der Waals surface area contributed by atoms with Crippen molar-refractivity contribution in [3.63, 3.8) is 0 Å². The number of anilines is 1. The molecule has 7 rings (SSSR count). The van der Waals surface area contributed by atoms with Crippen LogP contribution in [0.15, 0.2) is 60.7 Å². The zero-order valence-corrected chi connectivity index (χ0v) is 30.6. The number of hydrogen-bond donors (Lipinski definition) is 0. The fraction of sp³-hybridized carbons (Fsp3) is 0.475. The number of carbonyl (C=O) groups excluding carboxylic acids is 1. The Balaban J connectivity index is 1.55. The first-order valence-corrected chi connectivity index (χ1v) is 17.6. The Labute approximate surface area is 295 Å². The van der Waals surface area contributed by atoms with Crippen LogP contribution in [-0.4, -0.2) is 71.3 Å². The van der Waals surface area contributed by atoms with Crippen LogP contribution in [0.4, 0.5) is 5.82 Å². The van der Waals surface area contributed by atoms with E-state index >= 15 is 0 Å². The highest BCUT2D eigenvalue weighted by Crippen LogP contribution is 2.40. The first-order valence-electron chi connectivity index (χ1n) is 17.6. The second-order valence-corrected chi connectivity index (χ2v) is 14.4. The smallest absolute Gasteiger partial charge is 0.340 e. The highest BCUT2D eigenvalue weighted by atomic mass is 16.6. The second-order valence-electron chi connectivity index (χ2n) is 14.4. The van der Waals surface area contributed by atoms with E-state index in [2.05, 4.69) is 43.0 Å². The lowest BCUT2D eigenvalue weighted by atomic mass is 9.92. The molecule has 266 valence electrons. The van der Waals surface area contributed by atoms with Gasteiger partial charge in [-0.2, -0.15) is 9.61 Å². The number of aromatic nitrogens is 3. The van der Waals surface area contributed by atoms with Crippen molar-refractivity contribution in [2.24, 2.45) is 0 Å². The number of rotatable bonds is 5. The SMILES string of the molecule is CCOC(=O)[C@@H](OC(C)(C)C)c1c(C)nc2cc3nn2c1N1CCC(C)(CC1)OCC=CC[C@H](C)Oc1ccc(OC)cc1-c1cccc-3c1. The average molecular weight is 683 g/mol. The molecule has 0 aliphatic carbocycles. The molecule has 10 nitrogen and oxygen atoms in total. The van der Waals surface area contributed by atoms with Crippen molar-refractivity contribution in [1.29, 1.82) is 0 Å². The van der Waals surface area contributed by atoms with Crippen molar-refractivity contribution >= 4 is 17.4 Å². The van der Waals surface area contributed by atoms with Crippen molar-refractivity contribution in [3.05, 3.63) is 71.9 Å². The van der Waals surface area contributed by atoms with Gasteiger partial charge in [-0.1, -0.05) is 30.4 Å². The molecule has 2 aromatic heterocycles. The molecule has 0 saturated carbocycles. The zero-order chi connectivity index (χ0) is 35.6. The normalized spacial score (nSPS) is 20.3. The number of esters is 1. The van der Waals surface area contributed by atoms with E-state index < -0.39 is 17.7 Å². The minimum atomic E-state index is -0.994. The molecule has 2 aromatic carbocycles. The fourth-order valence-corrected chi connectivity index (χ4v) is 6.68. The first-order chi connectivity index (χ1) is 23.9. The number of nitrogens with zero attached hydrogens (tertiary/aromatic N) is 4. The summed E-state index contributed by atoms with van der Waals surface area (Å²) < 4.78 is 32.5. The number of aryl methyl sites for hydroxylation is 1. The van der Waals surface area contributed by atoms with Gasteiger partial charge in [0.25, 0.3) is 0 Å². The second kappa shape index (κ2) is 14.4. The summed E-state index contributed by atoms with van der Waals surface area (Å²) in [5.74, 6) is 1.85. The van der Waals surface area contributed by atoms with Gasteiger partial charge >= 0.3 is 5.97 Å². The number of fused-ring (bicyclic) bond motifs is 7. The zero-order valence-electron chi connectivity index (χ0n) is 30.6. The van der Waals surface area contributed by atoms with Crippen molar-refractivity contribution < 1.29 is 28.5 Å². The van der Waals surface area contributed by atoms with E-state index in [1.165, 1.54) is 0 Å². The summed E-state index contributed by atoms with van der Waals surface area (Å²) >= 11 is 0. The quantitative estimate of drug-likeness (QED) is 0.154. The molecule has 6 bridgehead atoms. The number of hydrogen-bond acceptors (Lipinski definition) is 9. The molecule has 50 heavy (non-hydrogen) atoms. The molecule has 5 heterocycles. The maximum atomic E-state index is 13.6. The van der Waals surface area contributed by atoms with Gasteiger partial charge in [0.2, 0.25) is 0 Å². The Bertz CT molecular complexity index is 1870. The highest BCUT2D eigenvalue weighted by Gasteiger charge is 2.38. The Morgan fingerprint density at radius 2 is 1.84 bits per heavy atom. The summed E-state index contributed by atoms with van der Waals surface area (Å²) in [6.45, 7) is 16.0. The largest absolute Gasteiger partial charge is 0.497 e. The van der Waals surface area contributed by atoms with Crippen LogP contribution in [-0.2, 0) is 19.0 Å². The van der Waals surface area contributed by atoms with E-state index in [0.717, 1.165) is 59.0 Å². The Morgan fingerprint density at radius 1 is 1.08 bits per heavy atom. The van der Waals surface area contributed by atoms with E-state index in [-0.39, 0.29) is 18.3 Å². The van der Waals surface area contributed by atoms with Crippen LogP contribution in [0.3, 0.4) is 0 Å². The van der Waals surface area contributed by atoms with E-state index in [1.807, 2.05) is 68.6 Å². The van der Waals surface area contributed by atoms with Gasteiger partial charge in [-0.05, 0) is 91.1 Å². The Kier molecular flexibility index (Phi) is 10.2. The minimum Gasteiger partial charge on any atom is -0.497 e. The topological polar surface area (TPSA) is 96.7 Å². The predicted octanol–water partition coefficient (Wildman–Crippen LogP) is 7.90. The molecule has 0 spiro atoms. The van der Waals surface area contributed by atoms with Crippen molar-refractivity contribution in [3.8, 4) is 33.9 Å². The standard InChI is InChI=1S/C40H50N4O6/c1-9-47-38(45)36(50-39(4,5)6)35-27(3)41-34-25-32-29-15-12-14-28(23-29)31-24-30(46-8)16-17-33(31)49-26(2)13-10-11-22-48-40(7)18-20-43(21-19-40)37(35)44(34)42-32/h10-12,14-17,23-26,36H,9,13,18-22H2,1-8H3/t26-,36-/m0/s1. The lowest BCUT2D eigenvalue weighted by Gasteiger charge is -2.41. The molecule has 0 amide bonds. The molecule has 10 heteroatoms. The first kappa shape index (κ1) is 35.4. The summed E-state index contributed by atoms with van der Waals surface area (Å²) in [6, 6.07) is 16.2. The third kappa shape index (κ3) is 7.66. The maximum Gasteiger partial charge on any atom is 0.340 e. The molecule has 0 N–H and O–H groups in total. The van der Waals surface area contributed by atoms with Gasteiger partial charge in [0.15, 0.2) is 11.8 Å². The van der Waals surface area contributed by atoms with Crippen LogP contribution in [0.5, 0.6) is 11.5 Å². The predicted molar refractivity (Wildman–Crippen MR) is 195 cm³/mol. The van der Waals surface area contributed by atoms with Crippen LogP contribution < -0.4 is 14.4 Å². The van der Waals surface area contributed by atoms with Gasteiger partial charge in [-0.3, -0.25) is 0 Å².